The van der Waals surface area contributed by atoms with Crippen LogP contribution in [0.3, 0.4) is 0 Å². The van der Waals surface area contributed by atoms with Crippen molar-refractivity contribution in [2.24, 2.45) is 20.5 Å². The van der Waals surface area contributed by atoms with Gasteiger partial charge in [-0.05, 0) is 42.5 Å². The fraction of sp³-hybridized carbons (Fsp3) is 0. The molecule has 4 rings (SSSR count). The van der Waals surface area contributed by atoms with Gasteiger partial charge in [0.1, 0.15) is 4.90 Å². The van der Waals surface area contributed by atoms with E-state index in [1.54, 1.807) is 24.3 Å². The van der Waals surface area contributed by atoms with Gasteiger partial charge in [-0.3, -0.25) is 9.11 Å². The Balaban J connectivity index is 0.00000308. The molecule has 0 saturated carbocycles. The van der Waals surface area contributed by atoms with Crippen molar-refractivity contribution in [3.63, 3.8) is 0 Å². The Kier molecular flexibility index (Phi) is 12.7. The van der Waals surface area contributed by atoms with Gasteiger partial charge in [0, 0.05) is 10.8 Å². The molecule has 0 aliphatic carbocycles. The molecular weight excluding hydrogens is 606 g/mol. The maximum atomic E-state index is 12.9. The van der Waals surface area contributed by atoms with E-state index in [4.69, 9.17) is 0 Å². The summed E-state index contributed by atoms with van der Waals surface area (Å²) in [6, 6.07) is 21.8. The minimum absolute atomic E-state index is 0. The molecule has 0 spiro atoms. The van der Waals surface area contributed by atoms with Gasteiger partial charge in [0.25, 0.3) is 20.2 Å². The molecule has 16 heteroatoms. The van der Waals surface area contributed by atoms with E-state index in [-0.39, 0.29) is 86.5 Å². The minimum Gasteiger partial charge on any atom is -0.871 e. The van der Waals surface area contributed by atoms with E-state index in [9.17, 15) is 36.2 Å². The molecule has 0 aliphatic rings. The van der Waals surface area contributed by atoms with E-state index < -0.39 is 42.3 Å². The Morgan fingerprint density at radius 3 is 1.81 bits per heavy atom. The molecule has 0 amide bonds. The first-order chi connectivity index (χ1) is 18.9. The van der Waals surface area contributed by atoms with Crippen LogP contribution in [-0.4, -0.2) is 25.9 Å². The van der Waals surface area contributed by atoms with Crippen LogP contribution < -0.4 is 69.3 Å². The van der Waals surface area contributed by atoms with Crippen molar-refractivity contribution >= 4 is 53.8 Å². The number of fused-ring (bicyclic) bond motifs is 1. The predicted octanol–water partition coefficient (Wildman–Crippen LogP) is -0.556. The first-order valence-corrected chi connectivity index (χ1v) is 14.1. The second-order valence-electron chi connectivity index (χ2n) is 8.00. The molecule has 12 nitrogen and oxygen atoms in total. The smallest absolute Gasteiger partial charge is 0.871 e. The van der Waals surface area contributed by atoms with Gasteiger partial charge in [0.05, 0.1) is 27.6 Å². The van der Waals surface area contributed by atoms with Gasteiger partial charge in [0.15, 0.2) is 0 Å². The van der Waals surface area contributed by atoms with E-state index in [0.717, 1.165) is 24.3 Å². The number of hydrogen-bond donors (Lipinski definition) is 2. The summed E-state index contributed by atoms with van der Waals surface area (Å²) in [5.74, 6) is -1.64. The summed E-state index contributed by atoms with van der Waals surface area (Å²) < 4.78 is 65.3. The minimum atomic E-state index is -4.52. The summed E-state index contributed by atoms with van der Waals surface area (Å²) >= 11 is 0. The number of nitrogens with zero attached hydrogens (tertiary/aromatic N) is 4. The van der Waals surface area contributed by atoms with Crippen molar-refractivity contribution in [1.82, 2.24) is 0 Å². The number of benzene rings is 3. The van der Waals surface area contributed by atoms with Crippen LogP contribution in [0.25, 0.3) is 10.8 Å². The molecule has 0 heterocycles. The van der Waals surface area contributed by atoms with Crippen LogP contribution in [0.15, 0.2) is 127 Å². The third-order valence-electron chi connectivity index (χ3n) is 5.32. The molecule has 0 aliphatic heterocycles. The van der Waals surface area contributed by atoms with Crippen molar-refractivity contribution in [3.05, 3.63) is 97.1 Å². The summed E-state index contributed by atoms with van der Waals surface area (Å²) in [5, 5.41) is 41.3. The Hall–Kier alpha value is -2.76. The largest absolute Gasteiger partial charge is 1.00 e. The van der Waals surface area contributed by atoms with Gasteiger partial charge in [-0.25, -0.2) is 0 Å². The molecule has 0 radical (unpaired) electrons. The normalized spacial score (nSPS) is 11.6. The molecular formula is C26H18N4Na2O8S2. The van der Waals surface area contributed by atoms with Crippen molar-refractivity contribution in [3.8, 4) is 11.5 Å². The molecule has 0 unspecified atom stereocenters. The van der Waals surface area contributed by atoms with Gasteiger partial charge in [-0.15, -0.1) is 5.11 Å². The van der Waals surface area contributed by atoms with Crippen LogP contribution in [0.2, 0.25) is 0 Å². The number of azo groups is 2. The van der Waals surface area contributed by atoms with Crippen LogP contribution in [-0.2, 0) is 20.2 Å². The topological polar surface area (TPSA) is 204 Å². The summed E-state index contributed by atoms with van der Waals surface area (Å²) in [6.07, 6.45) is 0. The molecule has 204 valence electrons. The van der Waals surface area contributed by atoms with E-state index in [0.29, 0.717) is 5.39 Å². The maximum Gasteiger partial charge on any atom is 1.00 e. The van der Waals surface area contributed by atoms with Crippen LogP contribution >= 0.6 is 0 Å². The number of rotatable bonds is 6. The SMILES string of the molecule is O=S(=O)(O)c1ccccccc(N=Nc2ccc([O-])c(N=Nc3ccc(S(=O)(=O)O)c4ccccc34)c2[O-])cc1.[Na+].[Na+]. The average Bonchev–Trinajstić information content (AvgIpc) is 2.90. The molecule has 0 saturated heterocycles. The van der Waals surface area contributed by atoms with Crippen molar-refractivity contribution in [2.45, 2.75) is 9.79 Å². The fourth-order valence-electron chi connectivity index (χ4n) is 3.45. The second-order valence-corrected chi connectivity index (χ2v) is 10.8. The zero-order chi connectivity index (χ0) is 28.9. The molecule has 0 fully saturated rings. The Labute approximate surface area is 285 Å². The van der Waals surface area contributed by atoms with Crippen molar-refractivity contribution in [2.75, 3.05) is 0 Å². The van der Waals surface area contributed by atoms with E-state index in [1.807, 2.05) is 0 Å². The zero-order valence-electron chi connectivity index (χ0n) is 22.2. The molecule has 0 aromatic heterocycles. The quantitative estimate of drug-likeness (QED) is 0.161. The van der Waals surface area contributed by atoms with Gasteiger partial charge < -0.3 is 10.2 Å². The Morgan fingerprint density at radius 2 is 1.14 bits per heavy atom. The molecule has 0 atom stereocenters. The van der Waals surface area contributed by atoms with Gasteiger partial charge in [0.2, 0.25) is 0 Å². The van der Waals surface area contributed by atoms with Crippen molar-refractivity contribution < 1.29 is 95.3 Å². The van der Waals surface area contributed by atoms with Gasteiger partial charge in [-0.2, -0.15) is 32.2 Å². The monoisotopic (exact) mass is 624 g/mol. The first kappa shape index (κ1) is 35.4. The average molecular weight is 625 g/mol. The molecule has 0 bridgehead atoms. The zero-order valence-corrected chi connectivity index (χ0v) is 27.8. The Morgan fingerprint density at radius 1 is 0.548 bits per heavy atom. The van der Waals surface area contributed by atoms with Crippen LogP contribution in [0.5, 0.6) is 11.5 Å². The van der Waals surface area contributed by atoms with E-state index in [1.165, 1.54) is 48.5 Å². The second kappa shape index (κ2) is 15.1. The third-order valence-corrected chi connectivity index (χ3v) is 7.10. The van der Waals surface area contributed by atoms with Crippen LogP contribution in [0, 0.1) is 0 Å². The summed E-state index contributed by atoms with van der Waals surface area (Å²) in [6.45, 7) is 0. The fourth-order valence-corrected chi connectivity index (χ4v) is 4.64. The molecule has 2 N–H and O–H groups in total. The van der Waals surface area contributed by atoms with Crippen LogP contribution in [0.4, 0.5) is 22.7 Å². The summed E-state index contributed by atoms with van der Waals surface area (Å²) in [4.78, 5) is -0.743. The number of hydrogen-bond acceptors (Lipinski definition) is 10. The molecule has 42 heavy (non-hydrogen) atoms. The summed E-state index contributed by atoms with van der Waals surface area (Å²) in [7, 11) is -9.03. The van der Waals surface area contributed by atoms with Crippen molar-refractivity contribution in [1.29, 1.82) is 0 Å². The van der Waals surface area contributed by atoms with E-state index in [2.05, 4.69) is 20.5 Å². The van der Waals surface area contributed by atoms with Gasteiger partial charge in [-0.1, -0.05) is 66.1 Å². The predicted molar refractivity (Wildman–Crippen MR) is 141 cm³/mol. The van der Waals surface area contributed by atoms with Gasteiger partial charge >= 0.3 is 59.1 Å². The molecule has 4 aromatic carbocycles. The third kappa shape index (κ3) is 8.87. The standard InChI is InChI=1S/C26H20N4O8S2.2Na/c31-23-15-13-22(29-27-17-7-3-1-2-4-8-18(12-11-17)39(33,34)35)26(32)25(23)30-28-21-14-16-24(40(36,37)38)20-10-6-5-9-19(20)21;;/h1-16,31-32H,(H,33,34,35)(H,36,37,38);;/q;2*+1/p-2. The summed E-state index contributed by atoms with van der Waals surface area (Å²) in [5.41, 5.74) is -0.591. The maximum absolute atomic E-state index is 12.9. The molecule has 4 aromatic rings. The van der Waals surface area contributed by atoms with E-state index >= 15 is 0 Å². The Bertz CT molecular complexity index is 1950. The van der Waals surface area contributed by atoms with Crippen LogP contribution in [0.1, 0.15) is 0 Å². The first-order valence-electron chi connectivity index (χ1n) is 11.2.